The van der Waals surface area contributed by atoms with Crippen LogP contribution in [0, 0.1) is 5.92 Å². The van der Waals surface area contributed by atoms with Crippen LogP contribution in [0.3, 0.4) is 0 Å². The number of aliphatic hydroxyl groups excluding tert-OH is 1. The fourth-order valence-corrected chi connectivity index (χ4v) is 2.84. The predicted octanol–water partition coefficient (Wildman–Crippen LogP) is 1.18. The van der Waals surface area contributed by atoms with Crippen LogP contribution in [0.5, 0.6) is 0 Å². The SMILES string of the molecule is CN(C)CCNC(=O)c1ccc(CN2CCC(CO)CC2)cc1. The second kappa shape index (κ2) is 9.01. The highest BCUT2D eigenvalue weighted by Gasteiger charge is 2.18. The molecule has 0 spiro atoms. The Kier molecular flexibility index (Phi) is 7.02. The van der Waals surface area contributed by atoms with Gasteiger partial charge in [-0.2, -0.15) is 0 Å². The first kappa shape index (κ1) is 17.9. The van der Waals surface area contributed by atoms with E-state index in [0.717, 1.165) is 39.0 Å². The number of nitrogens with zero attached hydrogens (tertiary/aromatic N) is 2. The van der Waals surface area contributed by atoms with Gasteiger partial charge in [0, 0.05) is 31.8 Å². The van der Waals surface area contributed by atoms with Crippen LogP contribution >= 0.6 is 0 Å². The zero-order chi connectivity index (χ0) is 16.7. The average Bonchev–Trinajstić information content (AvgIpc) is 2.56. The first-order valence-electron chi connectivity index (χ1n) is 8.43. The summed E-state index contributed by atoms with van der Waals surface area (Å²) in [6, 6.07) is 7.89. The number of nitrogens with one attached hydrogen (secondary N) is 1. The highest BCUT2D eigenvalue weighted by molar-refractivity contribution is 5.94. The van der Waals surface area contributed by atoms with Crippen molar-refractivity contribution in [3.8, 4) is 0 Å². The minimum Gasteiger partial charge on any atom is -0.396 e. The standard InChI is InChI=1S/C18H29N3O2/c1-20(2)12-9-19-18(23)17-5-3-15(4-6-17)13-21-10-7-16(14-22)8-11-21/h3-6,16,22H,7-14H2,1-2H3,(H,19,23). The van der Waals surface area contributed by atoms with E-state index in [0.29, 0.717) is 24.6 Å². The fourth-order valence-electron chi connectivity index (χ4n) is 2.84. The smallest absolute Gasteiger partial charge is 0.251 e. The molecule has 1 amide bonds. The monoisotopic (exact) mass is 319 g/mol. The molecule has 0 radical (unpaired) electrons. The Morgan fingerprint density at radius 2 is 1.91 bits per heavy atom. The van der Waals surface area contributed by atoms with E-state index < -0.39 is 0 Å². The van der Waals surface area contributed by atoms with E-state index in [9.17, 15) is 9.90 Å². The Morgan fingerprint density at radius 1 is 1.26 bits per heavy atom. The number of carbonyl (C=O) groups is 1. The van der Waals surface area contributed by atoms with Crippen molar-refractivity contribution < 1.29 is 9.90 Å². The van der Waals surface area contributed by atoms with Gasteiger partial charge in [-0.1, -0.05) is 12.1 Å². The van der Waals surface area contributed by atoms with Crippen LogP contribution in [0.25, 0.3) is 0 Å². The Hall–Kier alpha value is -1.43. The molecule has 2 rings (SSSR count). The van der Waals surface area contributed by atoms with Gasteiger partial charge in [-0.15, -0.1) is 0 Å². The number of amides is 1. The number of hydrogen-bond acceptors (Lipinski definition) is 4. The molecule has 1 aliphatic heterocycles. The van der Waals surface area contributed by atoms with E-state index in [1.165, 1.54) is 5.56 Å². The molecule has 1 aromatic rings. The largest absolute Gasteiger partial charge is 0.396 e. The van der Waals surface area contributed by atoms with Gasteiger partial charge in [-0.25, -0.2) is 0 Å². The maximum atomic E-state index is 12.0. The number of likely N-dealkylation sites (N-methyl/N-ethyl adjacent to an activating group) is 1. The third-order valence-electron chi connectivity index (χ3n) is 4.43. The minimum atomic E-state index is -0.0119. The van der Waals surface area contributed by atoms with Crippen molar-refractivity contribution in [2.24, 2.45) is 5.92 Å². The topological polar surface area (TPSA) is 55.8 Å². The quantitative estimate of drug-likeness (QED) is 0.792. The molecule has 0 bridgehead atoms. The van der Waals surface area contributed by atoms with Crippen LogP contribution < -0.4 is 5.32 Å². The molecule has 128 valence electrons. The van der Waals surface area contributed by atoms with Gasteiger partial charge in [0.25, 0.3) is 5.91 Å². The molecule has 1 aliphatic rings. The summed E-state index contributed by atoms with van der Waals surface area (Å²) in [5.41, 5.74) is 1.95. The lowest BCUT2D eigenvalue weighted by Gasteiger charge is -2.31. The normalized spacial score (nSPS) is 16.7. The summed E-state index contributed by atoms with van der Waals surface area (Å²) in [5.74, 6) is 0.460. The maximum Gasteiger partial charge on any atom is 0.251 e. The number of hydrogen-bond donors (Lipinski definition) is 2. The molecule has 0 aliphatic carbocycles. The highest BCUT2D eigenvalue weighted by atomic mass is 16.3. The van der Waals surface area contributed by atoms with Crippen molar-refractivity contribution in [1.29, 1.82) is 0 Å². The molecule has 0 aromatic heterocycles. The van der Waals surface area contributed by atoms with Crippen molar-refractivity contribution in [3.05, 3.63) is 35.4 Å². The highest BCUT2D eigenvalue weighted by Crippen LogP contribution is 2.18. The van der Waals surface area contributed by atoms with Gasteiger partial charge in [-0.3, -0.25) is 9.69 Å². The first-order valence-corrected chi connectivity index (χ1v) is 8.43. The Balaban J connectivity index is 1.79. The van der Waals surface area contributed by atoms with E-state index >= 15 is 0 Å². The van der Waals surface area contributed by atoms with Crippen molar-refractivity contribution in [1.82, 2.24) is 15.1 Å². The van der Waals surface area contributed by atoms with Gasteiger partial charge in [0.1, 0.15) is 0 Å². The number of carbonyl (C=O) groups excluding carboxylic acids is 1. The molecule has 1 heterocycles. The van der Waals surface area contributed by atoms with Crippen molar-refractivity contribution in [2.75, 3.05) is 46.9 Å². The fraction of sp³-hybridized carbons (Fsp3) is 0.611. The molecule has 1 aromatic carbocycles. The third-order valence-corrected chi connectivity index (χ3v) is 4.43. The third kappa shape index (κ3) is 5.94. The summed E-state index contributed by atoms with van der Waals surface area (Å²) in [6.45, 7) is 4.81. The summed E-state index contributed by atoms with van der Waals surface area (Å²) in [7, 11) is 3.98. The summed E-state index contributed by atoms with van der Waals surface area (Å²) in [4.78, 5) is 16.5. The van der Waals surface area contributed by atoms with E-state index in [2.05, 4.69) is 10.2 Å². The number of aliphatic hydroxyl groups is 1. The van der Waals surface area contributed by atoms with Gasteiger partial charge < -0.3 is 15.3 Å². The Morgan fingerprint density at radius 3 is 2.48 bits per heavy atom. The number of piperidine rings is 1. The second-order valence-electron chi connectivity index (χ2n) is 6.66. The molecule has 5 nitrogen and oxygen atoms in total. The van der Waals surface area contributed by atoms with E-state index in [4.69, 9.17) is 0 Å². The van der Waals surface area contributed by atoms with Gasteiger partial charge in [0.15, 0.2) is 0 Å². The summed E-state index contributed by atoms with van der Waals surface area (Å²) >= 11 is 0. The van der Waals surface area contributed by atoms with Crippen molar-refractivity contribution >= 4 is 5.91 Å². The molecule has 0 unspecified atom stereocenters. The average molecular weight is 319 g/mol. The molecule has 1 saturated heterocycles. The van der Waals surface area contributed by atoms with Gasteiger partial charge >= 0.3 is 0 Å². The lowest BCUT2D eigenvalue weighted by Crippen LogP contribution is -2.34. The molecule has 2 N–H and O–H groups in total. The van der Waals surface area contributed by atoms with E-state index in [1.54, 1.807) is 0 Å². The molecular formula is C18H29N3O2. The summed E-state index contributed by atoms with van der Waals surface area (Å²) < 4.78 is 0. The first-order chi connectivity index (χ1) is 11.1. The Labute approximate surface area is 139 Å². The molecule has 23 heavy (non-hydrogen) atoms. The van der Waals surface area contributed by atoms with Crippen molar-refractivity contribution in [2.45, 2.75) is 19.4 Å². The van der Waals surface area contributed by atoms with Gasteiger partial charge in [0.05, 0.1) is 0 Å². The van der Waals surface area contributed by atoms with Crippen molar-refractivity contribution in [3.63, 3.8) is 0 Å². The molecule has 0 saturated carbocycles. The molecule has 1 fully saturated rings. The maximum absolute atomic E-state index is 12.0. The zero-order valence-electron chi connectivity index (χ0n) is 14.3. The lowest BCUT2D eigenvalue weighted by atomic mass is 9.97. The van der Waals surface area contributed by atoms with Crippen LogP contribution in [-0.4, -0.2) is 67.7 Å². The lowest BCUT2D eigenvalue weighted by molar-refractivity contribution is 0.0951. The number of likely N-dealkylation sites (tertiary alicyclic amines) is 1. The van der Waals surface area contributed by atoms with E-state index in [1.807, 2.05) is 43.3 Å². The number of rotatable bonds is 7. The zero-order valence-corrected chi connectivity index (χ0v) is 14.3. The summed E-state index contributed by atoms with van der Waals surface area (Å²) in [5, 5.41) is 12.1. The second-order valence-corrected chi connectivity index (χ2v) is 6.66. The van der Waals surface area contributed by atoms with E-state index in [-0.39, 0.29) is 5.91 Å². The molecule has 0 atom stereocenters. The molecule has 5 heteroatoms. The van der Waals surface area contributed by atoms with Crippen LogP contribution in [0.15, 0.2) is 24.3 Å². The predicted molar refractivity (Wildman–Crippen MR) is 92.4 cm³/mol. The number of benzene rings is 1. The Bertz CT molecular complexity index is 480. The van der Waals surface area contributed by atoms with Crippen LogP contribution in [0.1, 0.15) is 28.8 Å². The molecular weight excluding hydrogens is 290 g/mol. The van der Waals surface area contributed by atoms with Gasteiger partial charge in [0.2, 0.25) is 0 Å². The van der Waals surface area contributed by atoms with Crippen LogP contribution in [0.4, 0.5) is 0 Å². The minimum absolute atomic E-state index is 0.0119. The van der Waals surface area contributed by atoms with Crippen LogP contribution in [-0.2, 0) is 6.54 Å². The summed E-state index contributed by atoms with van der Waals surface area (Å²) in [6.07, 6.45) is 2.14. The van der Waals surface area contributed by atoms with Crippen LogP contribution in [0.2, 0.25) is 0 Å². The van der Waals surface area contributed by atoms with Gasteiger partial charge in [-0.05, 0) is 63.6 Å².